The molecule has 0 spiro atoms. The number of rotatable bonds is 7. The molecule has 6 nitrogen and oxygen atoms in total. The molecule has 29 heavy (non-hydrogen) atoms. The largest absolute Gasteiger partial charge is 0.545 e. The number of aromatic carboxylic acids is 1. The van der Waals surface area contributed by atoms with Crippen molar-refractivity contribution in [3.63, 3.8) is 0 Å². The zero-order chi connectivity index (χ0) is 20.8. The van der Waals surface area contributed by atoms with Crippen molar-refractivity contribution in [1.82, 2.24) is 0 Å². The van der Waals surface area contributed by atoms with Gasteiger partial charge in [0, 0.05) is 11.6 Å². The van der Waals surface area contributed by atoms with Crippen molar-refractivity contribution in [3.05, 3.63) is 89.5 Å². The van der Waals surface area contributed by atoms with Gasteiger partial charge >= 0.3 is 0 Å². The molecule has 0 bridgehead atoms. The van der Waals surface area contributed by atoms with E-state index in [1.165, 1.54) is 26.4 Å². The van der Waals surface area contributed by atoms with Gasteiger partial charge in [0.1, 0.15) is 0 Å². The molecule has 3 aromatic rings. The summed E-state index contributed by atoms with van der Waals surface area (Å²) in [4.78, 5) is 24.9. The van der Waals surface area contributed by atoms with Gasteiger partial charge in [0.05, 0.1) is 31.8 Å². The van der Waals surface area contributed by atoms with E-state index in [1.807, 2.05) is 60.7 Å². The highest BCUT2D eigenvalue weighted by Crippen LogP contribution is 2.34. The number of carbonyl (C=O) groups excluding carboxylic acids is 2. The van der Waals surface area contributed by atoms with Crippen LogP contribution >= 0.6 is 0 Å². The number of carboxylic acids is 1. The molecule has 1 amide bonds. The Morgan fingerprint density at radius 2 is 1.31 bits per heavy atom. The number of ether oxygens (including phenoxy) is 2. The Bertz CT molecular complexity index is 963. The van der Waals surface area contributed by atoms with Gasteiger partial charge in [0.15, 0.2) is 11.5 Å². The van der Waals surface area contributed by atoms with Crippen LogP contribution in [0.1, 0.15) is 27.4 Å². The van der Waals surface area contributed by atoms with Crippen molar-refractivity contribution >= 4 is 17.6 Å². The van der Waals surface area contributed by atoms with Crippen LogP contribution in [0.25, 0.3) is 0 Å². The van der Waals surface area contributed by atoms with Gasteiger partial charge < -0.3 is 24.7 Å². The van der Waals surface area contributed by atoms with Crippen LogP contribution in [-0.4, -0.2) is 26.1 Å². The zero-order valence-corrected chi connectivity index (χ0v) is 16.0. The maximum atomic E-state index is 13.2. The number of carboxylic acid groups (broad SMARTS) is 1. The van der Waals surface area contributed by atoms with Crippen molar-refractivity contribution in [1.29, 1.82) is 0 Å². The summed E-state index contributed by atoms with van der Waals surface area (Å²) in [7, 11) is 2.83. The van der Waals surface area contributed by atoms with Crippen LogP contribution in [0, 0.1) is 0 Å². The van der Waals surface area contributed by atoms with Gasteiger partial charge in [-0.15, -0.1) is 0 Å². The van der Waals surface area contributed by atoms with E-state index in [0.29, 0.717) is 5.75 Å². The second-order valence-electron chi connectivity index (χ2n) is 6.28. The molecule has 0 fully saturated rings. The molecule has 3 aromatic carbocycles. The Hall–Kier alpha value is -3.80. The first kappa shape index (κ1) is 19.9. The highest BCUT2D eigenvalue weighted by Gasteiger charge is 2.24. The molecule has 0 saturated carbocycles. The smallest absolute Gasteiger partial charge is 0.236 e. The fourth-order valence-electron chi connectivity index (χ4n) is 3.14. The van der Waals surface area contributed by atoms with Gasteiger partial charge in [-0.1, -0.05) is 60.7 Å². The maximum Gasteiger partial charge on any atom is 0.236 e. The van der Waals surface area contributed by atoms with Gasteiger partial charge in [-0.25, -0.2) is 0 Å². The van der Waals surface area contributed by atoms with Gasteiger partial charge in [0.25, 0.3) is 0 Å². The fourth-order valence-corrected chi connectivity index (χ4v) is 3.14. The quantitative estimate of drug-likeness (QED) is 0.670. The molecule has 0 radical (unpaired) electrons. The summed E-state index contributed by atoms with van der Waals surface area (Å²) in [5, 5.41) is 14.3. The van der Waals surface area contributed by atoms with E-state index < -0.39 is 11.9 Å². The first-order valence-corrected chi connectivity index (χ1v) is 8.93. The van der Waals surface area contributed by atoms with Crippen LogP contribution in [0.5, 0.6) is 11.5 Å². The van der Waals surface area contributed by atoms with Crippen LogP contribution in [0.15, 0.2) is 72.8 Å². The maximum absolute atomic E-state index is 13.2. The minimum absolute atomic E-state index is 0.0736. The van der Waals surface area contributed by atoms with Crippen molar-refractivity contribution in [2.75, 3.05) is 19.5 Å². The third kappa shape index (κ3) is 4.38. The predicted octanol–water partition coefficient (Wildman–Crippen LogP) is 2.84. The lowest BCUT2D eigenvalue weighted by atomic mass is 9.90. The van der Waals surface area contributed by atoms with Gasteiger partial charge in [-0.05, 0) is 17.2 Å². The highest BCUT2D eigenvalue weighted by molar-refractivity contribution is 6.04. The molecule has 0 saturated heterocycles. The van der Waals surface area contributed by atoms with Crippen LogP contribution < -0.4 is 19.9 Å². The minimum Gasteiger partial charge on any atom is -0.545 e. The minimum atomic E-state index is -1.43. The molecule has 0 unspecified atom stereocenters. The Morgan fingerprint density at radius 1 is 0.828 bits per heavy atom. The molecule has 0 aromatic heterocycles. The van der Waals surface area contributed by atoms with Crippen molar-refractivity contribution in [3.8, 4) is 11.5 Å². The number of hydrogen-bond acceptors (Lipinski definition) is 5. The lowest BCUT2D eigenvalue weighted by molar-refractivity contribution is -0.254. The molecule has 0 aliphatic heterocycles. The van der Waals surface area contributed by atoms with Gasteiger partial charge in [-0.3, -0.25) is 4.79 Å². The molecule has 3 rings (SSSR count). The summed E-state index contributed by atoms with van der Waals surface area (Å²) < 4.78 is 10.4. The Morgan fingerprint density at radius 3 is 1.76 bits per heavy atom. The van der Waals surface area contributed by atoms with Crippen LogP contribution in [-0.2, 0) is 4.79 Å². The first-order valence-electron chi connectivity index (χ1n) is 8.93. The second-order valence-corrected chi connectivity index (χ2v) is 6.28. The molecule has 0 aliphatic rings. The number of benzene rings is 3. The van der Waals surface area contributed by atoms with E-state index in [-0.39, 0.29) is 22.9 Å². The number of nitrogens with one attached hydrogen (secondary N) is 1. The molecule has 0 aliphatic carbocycles. The van der Waals surface area contributed by atoms with Gasteiger partial charge in [0.2, 0.25) is 5.91 Å². The van der Waals surface area contributed by atoms with E-state index in [4.69, 9.17) is 9.47 Å². The van der Waals surface area contributed by atoms with Crippen molar-refractivity contribution < 1.29 is 24.2 Å². The molecule has 0 heterocycles. The number of carbonyl (C=O) groups is 2. The lowest BCUT2D eigenvalue weighted by Crippen LogP contribution is -2.27. The molecular weight excluding hydrogens is 370 g/mol. The SMILES string of the molecule is COc1cc(NC(=O)C(c2ccccc2)c2ccccc2)c(C(=O)[O-])cc1OC. The average molecular weight is 390 g/mol. The summed E-state index contributed by atoms with van der Waals surface area (Å²) in [5.74, 6) is -1.91. The molecular formula is C23H20NO5-. The molecule has 148 valence electrons. The number of amides is 1. The lowest BCUT2D eigenvalue weighted by Gasteiger charge is -2.21. The first-order chi connectivity index (χ1) is 14.0. The summed E-state index contributed by atoms with van der Waals surface area (Å²) >= 11 is 0. The van der Waals surface area contributed by atoms with E-state index in [1.54, 1.807) is 0 Å². The Kier molecular flexibility index (Phi) is 6.14. The predicted molar refractivity (Wildman–Crippen MR) is 107 cm³/mol. The van der Waals surface area contributed by atoms with Gasteiger partial charge in [-0.2, -0.15) is 0 Å². The number of anilines is 1. The second kappa shape index (κ2) is 8.93. The summed E-state index contributed by atoms with van der Waals surface area (Å²) in [6, 6.07) is 21.2. The number of hydrogen-bond donors (Lipinski definition) is 1. The van der Waals surface area contributed by atoms with E-state index in [2.05, 4.69) is 5.32 Å². The third-order valence-electron chi connectivity index (χ3n) is 4.53. The van der Waals surface area contributed by atoms with Crippen LogP contribution in [0.3, 0.4) is 0 Å². The normalized spacial score (nSPS) is 10.4. The Labute approximate surface area is 168 Å². The summed E-state index contributed by atoms with van der Waals surface area (Å²) in [5.41, 5.74) is 1.44. The van der Waals surface area contributed by atoms with Crippen LogP contribution in [0.2, 0.25) is 0 Å². The number of methoxy groups -OCH3 is 2. The molecule has 6 heteroatoms. The topological polar surface area (TPSA) is 87.7 Å². The van der Waals surface area contributed by atoms with Crippen molar-refractivity contribution in [2.45, 2.75) is 5.92 Å². The van der Waals surface area contributed by atoms with E-state index >= 15 is 0 Å². The van der Waals surface area contributed by atoms with E-state index in [0.717, 1.165) is 11.1 Å². The monoisotopic (exact) mass is 390 g/mol. The molecule has 0 atom stereocenters. The fraction of sp³-hybridized carbons (Fsp3) is 0.130. The molecule has 1 N–H and O–H groups in total. The summed E-state index contributed by atoms with van der Waals surface area (Å²) in [6.07, 6.45) is 0. The third-order valence-corrected chi connectivity index (χ3v) is 4.53. The summed E-state index contributed by atoms with van der Waals surface area (Å²) in [6.45, 7) is 0. The van der Waals surface area contributed by atoms with E-state index in [9.17, 15) is 14.7 Å². The van der Waals surface area contributed by atoms with Crippen LogP contribution in [0.4, 0.5) is 5.69 Å². The van der Waals surface area contributed by atoms with Crippen molar-refractivity contribution in [2.24, 2.45) is 0 Å². The standard InChI is InChI=1S/C23H21NO5/c1-28-19-13-17(23(26)27)18(14-20(19)29-2)24-22(25)21(15-9-5-3-6-10-15)16-11-7-4-8-12-16/h3-14,21H,1-2H3,(H,24,25)(H,26,27)/p-1. The zero-order valence-electron chi connectivity index (χ0n) is 16.0. The Balaban J connectivity index is 2.03. The average Bonchev–Trinajstić information content (AvgIpc) is 2.75. The highest BCUT2D eigenvalue weighted by atomic mass is 16.5.